The van der Waals surface area contributed by atoms with Crippen molar-refractivity contribution in [2.45, 2.75) is 19.8 Å². The molecule has 244 valence electrons. The first-order valence-corrected chi connectivity index (χ1v) is 16.5. The Balaban J connectivity index is 1.16. The van der Waals surface area contributed by atoms with Crippen LogP contribution in [-0.2, 0) is 6.42 Å². The van der Waals surface area contributed by atoms with Crippen LogP contribution in [-0.4, -0.2) is 83.5 Å². The van der Waals surface area contributed by atoms with E-state index in [1.54, 1.807) is 24.1 Å². The number of ether oxygens (including phenoxy) is 1. The van der Waals surface area contributed by atoms with Crippen molar-refractivity contribution in [1.82, 2.24) is 30.4 Å². The van der Waals surface area contributed by atoms with Gasteiger partial charge < -0.3 is 30.3 Å². The lowest BCUT2D eigenvalue weighted by molar-refractivity contribution is 0.0690. The maximum absolute atomic E-state index is 14.6. The number of carboxylic acids is 1. The fourth-order valence-corrected chi connectivity index (χ4v) is 6.34. The van der Waals surface area contributed by atoms with Gasteiger partial charge in [0.15, 0.2) is 39.2 Å². The largest absolute Gasteiger partial charge is 0.491 e. The fraction of sp³-hybridized carbons (Fsp3) is 0.303. The molecule has 11 nitrogen and oxygen atoms in total. The SMILES string of the molecule is Cc1cc(N(C)c2nc(C(=O)O)c(CCCOc3ccc(C#CCNCCN(C)C)cc3F)s2)nnc1Nc1nc2ccccc2s1. The van der Waals surface area contributed by atoms with Crippen molar-refractivity contribution in [3.63, 3.8) is 0 Å². The Morgan fingerprint density at radius 1 is 1.09 bits per heavy atom. The van der Waals surface area contributed by atoms with Crippen LogP contribution in [0.4, 0.5) is 26.3 Å². The second-order valence-corrected chi connectivity index (χ2v) is 13.0. The van der Waals surface area contributed by atoms with E-state index in [0.29, 0.717) is 51.7 Å². The summed E-state index contributed by atoms with van der Waals surface area (Å²) in [6.07, 6.45) is 0.866. The Kier molecular flexibility index (Phi) is 11.3. The van der Waals surface area contributed by atoms with Gasteiger partial charge >= 0.3 is 5.97 Å². The lowest BCUT2D eigenvalue weighted by Gasteiger charge is -2.15. The molecule has 0 spiro atoms. The highest BCUT2D eigenvalue weighted by Gasteiger charge is 2.21. The number of likely N-dealkylation sites (N-methyl/N-ethyl adjacent to an activating group) is 1. The van der Waals surface area contributed by atoms with Gasteiger partial charge in [0.1, 0.15) is 0 Å². The topological polar surface area (TPSA) is 129 Å². The van der Waals surface area contributed by atoms with Crippen molar-refractivity contribution < 1.29 is 19.0 Å². The van der Waals surface area contributed by atoms with E-state index in [-0.39, 0.29) is 18.1 Å². The number of aromatic carboxylic acids is 1. The number of aromatic nitrogens is 4. The third kappa shape index (κ3) is 8.99. The van der Waals surface area contributed by atoms with Crippen LogP contribution >= 0.6 is 22.7 Å². The predicted octanol–water partition coefficient (Wildman–Crippen LogP) is 5.71. The summed E-state index contributed by atoms with van der Waals surface area (Å²) in [6, 6.07) is 14.4. The number of benzene rings is 2. The Hall–Kier alpha value is -4.68. The highest BCUT2D eigenvalue weighted by Crippen LogP contribution is 2.33. The van der Waals surface area contributed by atoms with E-state index in [9.17, 15) is 14.3 Å². The molecule has 0 saturated heterocycles. The lowest BCUT2D eigenvalue weighted by atomic mass is 10.2. The predicted molar refractivity (Wildman–Crippen MR) is 185 cm³/mol. The first-order valence-electron chi connectivity index (χ1n) is 14.9. The van der Waals surface area contributed by atoms with Crippen LogP contribution in [0.3, 0.4) is 0 Å². The van der Waals surface area contributed by atoms with E-state index in [2.05, 4.69) is 47.5 Å². The number of para-hydroxylation sites is 1. The number of fused-ring (bicyclic) bond motifs is 1. The second-order valence-electron chi connectivity index (χ2n) is 10.9. The molecule has 0 amide bonds. The van der Waals surface area contributed by atoms with Crippen molar-refractivity contribution in [1.29, 1.82) is 0 Å². The Morgan fingerprint density at radius 2 is 1.91 bits per heavy atom. The van der Waals surface area contributed by atoms with Crippen molar-refractivity contribution in [3.8, 4) is 17.6 Å². The molecule has 5 aromatic rings. The summed E-state index contributed by atoms with van der Waals surface area (Å²) in [5.74, 6) is 5.54. The number of halogens is 1. The Bertz CT molecular complexity index is 1880. The number of carboxylic acid groups (broad SMARTS) is 1. The average Bonchev–Trinajstić information content (AvgIpc) is 3.66. The van der Waals surface area contributed by atoms with Gasteiger partial charge in [-0.3, -0.25) is 0 Å². The van der Waals surface area contributed by atoms with Crippen LogP contribution in [0, 0.1) is 24.6 Å². The van der Waals surface area contributed by atoms with E-state index < -0.39 is 11.8 Å². The summed E-state index contributed by atoms with van der Waals surface area (Å²) >= 11 is 2.79. The molecule has 14 heteroatoms. The zero-order valence-electron chi connectivity index (χ0n) is 26.5. The Morgan fingerprint density at radius 3 is 2.66 bits per heavy atom. The van der Waals surface area contributed by atoms with Gasteiger partial charge in [-0.1, -0.05) is 35.3 Å². The average molecular weight is 675 g/mol. The quantitative estimate of drug-likeness (QED) is 0.0989. The van der Waals surface area contributed by atoms with Gasteiger partial charge in [-0.05, 0) is 75.8 Å². The zero-order chi connectivity index (χ0) is 33.3. The maximum Gasteiger partial charge on any atom is 0.355 e. The fourth-order valence-electron chi connectivity index (χ4n) is 4.41. The van der Waals surface area contributed by atoms with Crippen molar-refractivity contribution in [3.05, 3.63) is 76.0 Å². The molecule has 2 aromatic carbocycles. The van der Waals surface area contributed by atoms with Crippen LogP contribution in [0.15, 0.2) is 48.5 Å². The number of rotatable bonds is 14. The van der Waals surface area contributed by atoms with Gasteiger partial charge in [-0.15, -0.1) is 21.5 Å². The standard InChI is InChI=1S/C33H35FN8O3S2/c1-21-19-28(39-40-30(21)38-32-36-24-10-5-6-11-26(24)46-32)42(4)33-37-29(31(43)44)27(47-33)12-8-18-45-25-14-13-22(20-23(25)34)9-7-15-35-16-17-41(2)3/h5-6,10-11,13-14,19-20,35H,8,12,15-18H2,1-4H3,(H,43,44)(H,36,38,40). The van der Waals surface area contributed by atoms with Crippen molar-refractivity contribution in [2.75, 3.05) is 57.6 Å². The van der Waals surface area contributed by atoms with E-state index in [4.69, 9.17) is 4.74 Å². The smallest absolute Gasteiger partial charge is 0.355 e. The van der Waals surface area contributed by atoms with Crippen molar-refractivity contribution >= 4 is 60.8 Å². The molecular weight excluding hydrogens is 640 g/mol. The minimum Gasteiger partial charge on any atom is -0.491 e. The molecule has 3 aromatic heterocycles. The number of carbonyl (C=O) groups is 1. The number of nitrogens with one attached hydrogen (secondary N) is 2. The monoisotopic (exact) mass is 674 g/mol. The first kappa shape index (κ1) is 33.7. The van der Waals surface area contributed by atoms with Crippen LogP contribution in [0.5, 0.6) is 5.75 Å². The van der Waals surface area contributed by atoms with Crippen LogP contribution in [0.1, 0.15) is 32.9 Å². The minimum absolute atomic E-state index is 0.0269. The Labute approximate surface area is 280 Å². The number of hydrogen-bond acceptors (Lipinski definition) is 12. The molecule has 0 radical (unpaired) electrons. The molecule has 0 fully saturated rings. The van der Waals surface area contributed by atoms with Crippen LogP contribution in [0.25, 0.3) is 10.2 Å². The molecule has 0 aliphatic heterocycles. The molecule has 0 unspecified atom stereocenters. The number of aryl methyl sites for hydroxylation is 2. The summed E-state index contributed by atoms with van der Waals surface area (Å²) < 4.78 is 21.4. The highest BCUT2D eigenvalue weighted by molar-refractivity contribution is 7.22. The van der Waals surface area contributed by atoms with Crippen molar-refractivity contribution in [2.24, 2.45) is 0 Å². The third-order valence-corrected chi connectivity index (χ3v) is 9.07. The summed E-state index contributed by atoms with van der Waals surface area (Å²) in [6.45, 7) is 4.37. The van der Waals surface area contributed by atoms with Gasteiger partial charge in [0.25, 0.3) is 0 Å². The second kappa shape index (κ2) is 15.7. The molecule has 0 atom stereocenters. The minimum atomic E-state index is -1.12. The molecule has 47 heavy (non-hydrogen) atoms. The highest BCUT2D eigenvalue weighted by atomic mass is 32.1. The molecular formula is C33H35FN8O3S2. The summed E-state index contributed by atoms with van der Waals surface area (Å²) in [7, 11) is 5.77. The summed E-state index contributed by atoms with van der Waals surface area (Å²) in [4.78, 5) is 25.3. The zero-order valence-corrected chi connectivity index (χ0v) is 28.1. The lowest BCUT2D eigenvalue weighted by Crippen LogP contribution is -2.26. The molecule has 5 rings (SSSR count). The first-order chi connectivity index (χ1) is 22.7. The van der Waals surface area contributed by atoms with Gasteiger partial charge in [0, 0.05) is 30.6 Å². The molecule has 0 saturated carbocycles. The molecule has 0 aliphatic carbocycles. The van der Waals surface area contributed by atoms with Crippen LogP contribution < -0.4 is 20.3 Å². The van der Waals surface area contributed by atoms with Gasteiger partial charge in [0.05, 0.1) is 23.4 Å². The molecule has 3 heterocycles. The van der Waals surface area contributed by atoms with Crippen LogP contribution in [0.2, 0.25) is 0 Å². The third-order valence-electron chi connectivity index (χ3n) is 6.93. The summed E-state index contributed by atoms with van der Waals surface area (Å²) in [5, 5.41) is 26.2. The number of hydrogen-bond donors (Lipinski definition) is 3. The molecule has 0 aliphatic rings. The summed E-state index contributed by atoms with van der Waals surface area (Å²) in [5.41, 5.74) is 2.29. The maximum atomic E-state index is 14.6. The van der Waals surface area contributed by atoms with Gasteiger partial charge in [-0.25, -0.2) is 19.2 Å². The van der Waals surface area contributed by atoms with E-state index in [1.807, 2.05) is 51.4 Å². The van der Waals surface area contributed by atoms with E-state index in [1.165, 1.54) is 28.7 Å². The normalized spacial score (nSPS) is 11.0. The number of anilines is 4. The van der Waals surface area contributed by atoms with E-state index in [0.717, 1.165) is 28.9 Å². The van der Waals surface area contributed by atoms with E-state index >= 15 is 0 Å². The number of thiazole rings is 2. The number of nitrogens with zero attached hydrogens (tertiary/aromatic N) is 6. The van der Waals surface area contributed by atoms with Gasteiger partial charge in [-0.2, -0.15) is 0 Å². The van der Waals surface area contributed by atoms with Gasteiger partial charge in [0.2, 0.25) is 0 Å². The molecule has 3 N–H and O–H groups in total. The molecule has 0 bridgehead atoms.